The molecule has 1 unspecified atom stereocenters. The van der Waals surface area contributed by atoms with Gasteiger partial charge in [-0.15, -0.1) is 0 Å². The summed E-state index contributed by atoms with van der Waals surface area (Å²) in [6.07, 6.45) is -0.328. The summed E-state index contributed by atoms with van der Waals surface area (Å²) in [5.74, 6) is 0.0933. The minimum Gasteiger partial charge on any atom is -0.371 e. The van der Waals surface area contributed by atoms with Crippen LogP contribution in [0, 0.1) is 0 Å². The first kappa shape index (κ1) is 15.1. The zero-order chi connectivity index (χ0) is 14.0. The lowest BCUT2D eigenvalue weighted by Gasteiger charge is -2.32. The molecule has 1 saturated heterocycles. The van der Waals surface area contributed by atoms with Gasteiger partial charge in [0, 0.05) is 23.1 Å². The standard InChI is InChI=1S/C12H15Cl2NO3S/c1-2-19(16,17)15-3-4-18-12(8-15)9-5-10(13)7-11(14)6-9/h5-7,12H,2-4,8H2,1H3. The largest absolute Gasteiger partial charge is 0.371 e. The van der Waals surface area contributed by atoms with Crippen molar-refractivity contribution in [2.24, 2.45) is 0 Å². The summed E-state index contributed by atoms with van der Waals surface area (Å²) < 4.78 is 30.8. The molecule has 1 aromatic carbocycles. The molecule has 1 aliphatic heterocycles. The Morgan fingerprint density at radius 2 is 1.95 bits per heavy atom. The topological polar surface area (TPSA) is 46.6 Å². The number of hydrogen-bond donors (Lipinski definition) is 0. The average molecular weight is 324 g/mol. The highest BCUT2D eigenvalue weighted by Gasteiger charge is 2.29. The number of hydrogen-bond acceptors (Lipinski definition) is 3. The Kier molecular flexibility index (Phi) is 4.74. The monoisotopic (exact) mass is 323 g/mol. The summed E-state index contributed by atoms with van der Waals surface area (Å²) in [6, 6.07) is 5.14. The molecule has 106 valence electrons. The van der Waals surface area contributed by atoms with Crippen molar-refractivity contribution in [1.82, 2.24) is 4.31 Å². The van der Waals surface area contributed by atoms with Gasteiger partial charge in [-0.25, -0.2) is 8.42 Å². The van der Waals surface area contributed by atoms with Crippen LogP contribution in [0.3, 0.4) is 0 Å². The molecule has 1 aromatic rings. The number of nitrogens with zero attached hydrogens (tertiary/aromatic N) is 1. The van der Waals surface area contributed by atoms with Gasteiger partial charge in [0.15, 0.2) is 0 Å². The van der Waals surface area contributed by atoms with Crippen molar-refractivity contribution in [3.63, 3.8) is 0 Å². The molecule has 4 nitrogen and oxygen atoms in total. The predicted molar refractivity (Wildman–Crippen MR) is 76.2 cm³/mol. The lowest BCUT2D eigenvalue weighted by atomic mass is 10.1. The van der Waals surface area contributed by atoms with E-state index >= 15 is 0 Å². The maximum Gasteiger partial charge on any atom is 0.214 e. The molecular weight excluding hydrogens is 309 g/mol. The Labute approximate surface area is 123 Å². The van der Waals surface area contributed by atoms with Crippen LogP contribution in [-0.4, -0.2) is 38.2 Å². The molecule has 0 bridgehead atoms. The molecule has 2 rings (SSSR count). The molecule has 1 atom stereocenters. The van der Waals surface area contributed by atoms with E-state index < -0.39 is 10.0 Å². The lowest BCUT2D eigenvalue weighted by Crippen LogP contribution is -2.42. The molecule has 0 aromatic heterocycles. The van der Waals surface area contributed by atoms with Gasteiger partial charge in [-0.1, -0.05) is 23.2 Å². The minimum absolute atomic E-state index is 0.0933. The molecule has 0 saturated carbocycles. The first-order chi connectivity index (χ1) is 8.92. The van der Waals surface area contributed by atoms with Crippen LogP contribution in [0.25, 0.3) is 0 Å². The van der Waals surface area contributed by atoms with E-state index in [-0.39, 0.29) is 11.9 Å². The van der Waals surface area contributed by atoms with Gasteiger partial charge in [0.05, 0.1) is 18.5 Å². The Hall–Kier alpha value is -0.330. The van der Waals surface area contributed by atoms with Crippen molar-refractivity contribution in [2.75, 3.05) is 25.4 Å². The number of ether oxygens (including phenoxy) is 1. The Morgan fingerprint density at radius 3 is 2.53 bits per heavy atom. The quantitative estimate of drug-likeness (QED) is 0.859. The van der Waals surface area contributed by atoms with Crippen LogP contribution in [0.15, 0.2) is 18.2 Å². The van der Waals surface area contributed by atoms with E-state index in [2.05, 4.69) is 0 Å². The minimum atomic E-state index is -3.20. The SMILES string of the molecule is CCS(=O)(=O)N1CCOC(c2cc(Cl)cc(Cl)c2)C1. The first-order valence-electron chi connectivity index (χ1n) is 5.98. The lowest BCUT2D eigenvalue weighted by molar-refractivity contribution is -0.00249. The molecule has 0 aliphatic carbocycles. The first-order valence-corrected chi connectivity index (χ1v) is 8.34. The van der Waals surface area contributed by atoms with E-state index in [0.717, 1.165) is 5.56 Å². The second-order valence-electron chi connectivity index (χ2n) is 4.32. The zero-order valence-corrected chi connectivity index (χ0v) is 12.8. The van der Waals surface area contributed by atoms with Crippen LogP contribution in [0.1, 0.15) is 18.6 Å². The predicted octanol–water partition coefficient (Wildman–Crippen LogP) is 2.72. The van der Waals surface area contributed by atoms with Gasteiger partial charge in [0.1, 0.15) is 0 Å². The zero-order valence-electron chi connectivity index (χ0n) is 10.5. The van der Waals surface area contributed by atoms with Gasteiger partial charge >= 0.3 is 0 Å². The van der Waals surface area contributed by atoms with E-state index in [4.69, 9.17) is 27.9 Å². The Bertz CT molecular complexity index is 542. The van der Waals surface area contributed by atoms with E-state index in [0.29, 0.717) is 29.7 Å². The van der Waals surface area contributed by atoms with Gasteiger partial charge in [-0.2, -0.15) is 4.31 Å². The maximum atomic E-state index is 11.9. The van der Waals surface area contributed by atoms with E-state index in [1.165, 1.54) is 4.31 Å². The molecule has 1 heterocycles. The maximum absolute atomic E-state index is 11.9. The molecule has 7 heteroatoms. The van der Waals surface area contributed by atoms with Crippen LogP contribution in [0.4, 0.5) is 0 Å². The number of benzene rings is 1. The second-order valence-corrected chi connectivity index (χ2v) is 7.45. The number of rotatable bonds is 3. The molecule has 1 aliphatic rings. The fourth-order valence-electron chi connectivity index (χ4n) is 2.02. The van der Waals surface area contributed by atoms with E-state index in [1.807, 2.05) is 0 Å². The van der Waals surface area contributed by atoms with E-state index in [9.17, 15) is 8.42 Å². The molecule has 0 N–H and O–H groups in total. The van der Waals surface area contributed by atoms with Crippen molar-refractivity contribution < 1.29 is 13.2 Å². The van der Waals surface area contributed by atoms with Crippen LogP contribution in [-0.2, 0) is 14.8 Å². The normalized spacial score (nSPS) is 21.5. The summed E-state index contributed by atoms with van der Waals surface area (Å²) in [5.41, 5.74) is 0.800. The van der Waals surface area contributed by atoms with Crippen LogP contribution in [0.2, 0.25) is 10.0 Å². The van der Waals surface area contributed by atoms with Crippen molar-refractivity contribution in [3.8, 4) is 0 Å². The number of halogens is 2. The van der Waals surface area contributed by atoms with Crippen molar-refractivity contribution in [3.05, 3.63) is 33.8 Å². The van der Waals surface area contributed by atoms with Gasteiger partial charge in [-0.05, 0) is 30.7 Å². The van der Waals surface area contributed by atoms with Gasteiger partial charge in [-0.3, -0.25) is 0 Å². The molecule has 19 heavy (non-hydrogen) atoms. The molecule has 0 amide bonds. The summed E-state index contributed by atoms with van der Waals surface area (Å²) in [4.78, 5) is 0. The smallest absolute Gasteiger partial charge is 0.214 e. The highest BCUT2D eigenvalue weighted by molar-refractivity contribution is 7.89. The summed E-state index contributed by atoms with van der Waals surface area (Å²) >= 11 is 11.9. The van der Waals surface area contributed by atoms with Crippen molar-refractivity contribution >= 4 is 33.2 Å². The average Bonchev–Trinajstić information content (AvgIpc) is 2.38. The number of morpholine rings is 1. The van der Waals surface area contributed by atoms with Gasteiger partial charge in [0.2, 0.25) is 10.0 Å². The summed E-state index contributed by atoms with van der Waals surface area (Å²) in [7, 11) is -3.20. The van der Waals surface area contributed by atoms with Gasteiger partial charge < -0.3 is 4.74 Å². The third-order valence-electron chi connectivity index (χ3n) is 3.04. The number of sulfonamides is 1. The molecule has 0 radical (unpaired) electrons. The molecular formula is C12H15Cl2NO3S. The van der Waals surface area contributed by atoms with Crippen molar-refractivity contribution in [2.45, 2.75) is 13.0 Å². The Morgan fingerprint density at radius 1 is 1.32 bits per heavy atom. The summed E-state index contributed by atoms with van der Waals surface area (Å²) in [6.45, 7) is 2.69. The van der Waals surface area contributed by atoms with Crippen molar-refractivity contribution in [1.29, 1.82) is 0 Å². The van der Waals surface area contributed by atoms with Crippen LogP contribution < -0.4 is 0 Å². The second kappa shape index (κ2) is 5.97. The molecule has 1 fully saturated rings. The fraction of sp³-hybridized carbons (Fsp3) is 0.500. The summed E-state index contributed by atoms with van der Waals surface area (Å²) in [5, 5.41) is 1.03. The fourth-order valence-corrected chi connectivity index (χ4v) is 3.65. The third-order valence-corrected chi connectivity index (χ3v) is 5.33. The van der Waals surface area contributed by atoms with Crippen LogP contribution in [0.5, 0.6) is 0 Å². The van der Waals surface area contributed by atoms with Gasteiger partial charge in [0.25, 0.3) is 0 Å². The Balaban J connectivity index is 2.22. The van der Waals surface area contributed by atoms with Crippen LogP contribution >= 0.6 is 23.2 Å². The van der Waals surface area contributed by atoms with E-state index in [1.54, 1.807) is 25.1 Å². The third kappa shape index (κ3) is 3.61. The highest BCUT2D eigenvalue weighted by Crippen LogP contribution is 2.28. The molecule has 0 spiro atoms. The highest BCUT2D eigenvalue weighted by atomic mass is 35.5.